The average molecular weight is 310 g/mol. The molecule has 4 heteroatoms. The zero-order valence-corrected chi connectivity index (χ0v) is 12.1. The molecule has 1 aromatic carbocycles. The number of alkyl halides is 1. The van der Waals surface area contributed by atoms with Gasteiger partial charge < -0.3 is 9.32 Å². The lowest BCUT2D eigenvalue weighted by atomic mass is 10.1. The van der Waals surface area contributed by atoms with E-state index < -0.39 is 0 Å². The summed E-state index contributed by atoms with van der Waals surface area (Å²) in [4.78, 5) is 14.3. The molecule has 0 fully saturated rings. The zero-order chi connectivity index (χ0) is 13.1. The smallest absolute Gasteiger partial charge is 0.258 e. The van der Waals surface area contributed by atoms with E-state index in [0.717, 1.165) is 16.3 Å². The number of halogens is 1. The third kappa shape index (κ3) is 2.43. The number of nitrogens with zero attached hydrogens (tertiary/aromatic N) is 1. The van der Waals surface area contributed by atoms with E-state index in [1.807, 2.05) is 43.0 Å². The van der Waals surface area contributed by atoms with Crippen LogP contribution in [0, 0.1) is 0 Å². The molecule has 2 aromatic rings. The van der Waals surface area contributed by atoms with Crippen LogP contribution in [0.1, 0.15) is 24.2 Å². The lowest BCUT2D eigenvalue weighted by molar-refractivity contribution is 0.0720. The van der Waals surface area contributed by atoms with Gasteiger partial charge in [0.25, 0.3) is 5.91 Å². The summed E-state index contributed by atoms with van der Waals surface area (Å²) in [5.74, 6) is 0.0226. The molecule has 1 aromatic heterocycles. The Morgan fingerprint density at radius 3 is 2.78 bits per heavy atom. The average Bonchev–Trinajstić information content (AvgIpc) is 2.78. The topological polar surface area (TPSA) is 33.5 Å². The Labute approximate surface area is 115 Å². The number of hydrogen-bond donors (Lipinski definition) is 0. The largest absolute Gasteiger partial charge is 0.463 e. The molecular formula is C14H16BrNO2. The molecule has 1 amide bonds. The zero-order valence-electron chi connectivity index (χ0n) is 10.5. The number of amides is 1. The molecule has 0 aliphatic heterocycles. The van der Waals surface area contributed by atoms with Crippen LogP contribution in [0.15, 0.2) is 34.9 Å². The summed E-state index contributed by atoms with van der Waals surface area (Å²) >= 11 is 3.38. The third-order valence-electron chi connectivity index (χ3n) is 2.92. The number of benzene rings is 1. The number of para-hydroxylation sites is 1. The molecular weight excluding hydrogens is 294 g/mol. The van der Waals surface area contributed by atoms with Gasteiger partial charge in [0.15, 0.2) is 0 Å². The lowest BCUT2D eigenvalue weighted by Gasteiger charge is -2.25. The van der Waals surface area contributed by atoms with Gasteiger partial charge in [0, 0.05) is 23.3 Å². The van der Waals surface area contributed by atoms with Crippen molar-refractivity contribution in [3.05, 3.63) is 36.1 Å². The van der Waals surface area contributed by atoms with Crippen LogP contribution in [0.4, 0.5) is 0 Å². The lowest BCUT2D eigenvalue weighted by Crippen LogP contribution is -2.38. The van der Waals surface area contributed by atoms with Crippen molar-refractivity contribution < 1.29 is 9.21 Å². The molecule has 3 nitrogen and oxygen atoms in total. The first-order valence-electron chi connectivity index (χ1n) is 5.98. The summed E-state index contributed by atoms with van der Waals surface area (Å²) in [6.45, 7) is 4.72. The fourth-order valence-electron chi connectivity index (χ4n) is 1.98. The standard InChI is InChI=1S/C14H16BrNO2/c1-10(2)16(8-7-15)14(17)12-9-18-13-6-4-3-5-11(12)13/h3-6,9-10H,7-8H2,1-2H3. The monoisotopic (exact) mass is 309 g/mol. The molecule has 0 N–H and O–H groups in total. The molecule has 0 unspecified atom stereocenters. The van der Waals surface area contributed by atoms with Crippen LogP contribution < -0.4 is 0 Å². The SMILES string of the molecule is CC(C)N(CCBr)C(=O)c1coc2ccccc12. The number of furan rings is 1. The van der Waals surface area contributed by atoms with Crippen LogP contribution >= 0.6 is 15.9 Å². The van der Waals surface area contributed by atoms with Crippen LogP contribution in [-0.2, 0) is 0 Å². The highest BCUT2D eigenvalue weighted by Crippen LogP contribution is 2.22. The highest BCUT2D eigenvalue weighted by molar-refractivity contribution is 9.09. The molecule has 0 aliphatic rings. The summed E-state index contributed by atoms with van der Waals surface area (Å²) in [5, 5.41) is 1.65. The third-order valence-corrected chi connectivity index (χ3v) is 3.28. The van der Waals surface area contributed by atoms with Gasteiger partial charge in [-0.25, -0.2) is 0 Å². The second kappa shape index (κ2) is 5.57. The van der Waals surface area contributed by atoms with E-state index in [1.54, 1.807) is 6.26 Å². The van der Waals surface area contributed by atoms with Crippen molar-refractivity contribution >= 4 is 32.8 Å². The second-order valence-corrected chi connectivity index (χ2v) is 5.22. The first kappa shape index (κ1) is 13.1. The Morgan fingerprint density at radius 1 is 1.39 bits per heavy atom. The number of rotatable bonds is 4. The Balaban J connectivity index is 2.38. The molecule has 0 radical (unpaired) electrons. The van der Waals surface area contributed by atoms with Crippen molar-refractivity contribution in [1.82, 2.24) is 4.90 Å². The minimum atomic E-state index is 0.0226. The Bertz CT molecular complexity index is 547. The van der Waals surface area contributed by atoms with Crippen LogP contribution in [0.2, 0.25) is 0 Å². The van der Waals surface area contributed by atoms with Gasteiger partial charge in [-0.05, 0) is 19.9 Å². The highest BCUT2D eigenvalue weighted by atomic mass is 79.9. The summed E-state index contributed by atoms with van der Waals surface area (Å²) < 4.78 is 5.42. The molecule has 2 rings (SSSR count). The summed E-state index contributed by atoms with van der Waals surface area (Å²) in [7, 11) is 0. The molecule has 0 aliphatic carbocycles. The first-order chi connectivity index (χ1) is 8.65. The molecule has 0 spiro atoms. The number of fused-ring (bicyclic) bond motifs is 1. The highest BCUT2D eigenvalue weighted by Gasteiger charge is 2.21. The quantitative estimate of drug-likeness (QED) is 0.807. The molecule has 0 saturated carbocycles. The number of carbonyl (C=O) groups is 1. The van der Waals surface area contributed by atoms with Crippen LogP contribution in [0.3, 0.4) is 0 Å². The molecule has 0 bridgehead atoms. The minimum Gasteiger partial charge on any atom is -0.463 e. The summed E-state index contributed by atoms with van der Waals surface area (Å²) in [6, 6.07) is 7.77. The van der Waals surface area contributed by atoms with Gasteiger partial charge in [-0.3, -0.25) is 4.79 Å². The van der Waals surface area contributed by atoms with Crippen molar-refractivity contribution in [3.8, 4) is 0 Å². The van der Waals surface area contributed by atoms with Gasteiger partial charge in [-0.2, -0.15) is 0 Å². The fraction of sp³-hybridized carbons (Fsp3) is 0.357. The summed E-state index contributed by atoms with van der Waals surface area (Å²) in [6.07, 6.45) is 1.55. The van der Waals surface area contributed by atoms with Crippen LogP contribution in [0.5, 0.6) is 0 Å². The van der Waals surface area contributed by atoms with Gasteiger partial charge >= 0.3 is 0 Å². The maximum atomic E-state index is 12.5. The van der Waals surface area contributed by atoms with Gasteiger partial charge in [0.1, 0.15) is 11.8 Å². The Hall–Kier alpha value is -1.29. The van der Waals surface area contributed by atoms with E-state index in [2.05, 4.69) is 15.9 Å². The van der Waals surface area contributed by atoms with Crippen molar-refractivity contribution in [2.75, 3.05) is 11.9 Å². The van der Waals surface area contributed by atoms with Crippen molar-refractivity contribution in [2.45, 2.75) is 19.9 Å². The Morgan fingerprint density at radius 2 is 2.11 bits per heavy atom. The fourth-order valence-corrected chi connectivity index (χ4v) is 2.37. The normalized spacial score (nSPS) is 11.1. The number of hydrogen-bond acceptors (Lipinski definition) is 2. The van der Waals surface area contributed by atoms with Gasteiger partial charge in [-0.15, -0.1) is 0 Å². The number of carbonyl (C=O) groups excluding carboxylic acids is 1. The van der Waals surface area contributed by atoms with Gasteiger partial charge in [0.2, 0.25) is 0 Å². The van der Waals surface area contributed by atoms with Gasteiger partial charge in [-0.1, -0.05) is 34.1 Å². The van der Waals surface area contributed by atoms with Crippen molar-refractivity contribution in [1.29, 1.82) is 0 Å². The summed E-state index contributed by atoms with van der Waals surface area (Å²) in [5.41, 5.74) is 1.39. The van der Waals surface area contributed by atoms with E-state index in [-0.39, 0.29) is 11.9 Å². The molecule has 18 heavy (non-hydrogen) atoms. The van der Waals surface area contributed by atoms with Gasteiger partial charge in [0.05, 0.1) is 5.56 Å². The van der Waals surface area contributed by atoms with Crippen LogP contribution in [-0.4, -0.2) is 28.7 Å². The molecule has 0 atom stereocenters. The first-order valence-corrected chi connectivity index (χ1v) is 7.10. The maximum absolute atomic E-state index is 12.5. The van der Waals surface area contributed by atoms with E-state index >= 15 is 0 Å². The molecule has 1 heterocycles. The predicted octanol–water partition coefficient (Wildman–Crippen LogP) is 3.68. The maximum Gasteiger partial charge on any atom is 0.258 e. The van der Waals surface area contributed by atoms with E-state index in [9.17, 15) is 4.79 Å². The van der Waals surface area contributed by atoms with Crippen LogP contribution in [0.25, 0.3) is 11.0 Å². The Kier molecular flexibility index (Phi) is 4.07. The molecule has 96 valence electrons. The minimum absolute atomic E-state index is 0.0226. The predicted molar refractivity (Wildman–Crippen MR) is 76.2 cm³/mol. The van der Waals surface area contributed by atoms with Crippen molar-refractivity contribution in [3.63, 3.8) is 0 Å². The van der Waals surface area contributed by atoms with E-state index in [0.29, 0.717) is 12.1 Å². The molecule has 0 saturated heterocycles. The van der Waals surface area contributed by atoms with Crippen molar-refractivity contribution in [2.24, 2.45) is 0 Å². The second-order valence-electron chi connectivity index (χ2n) is 4.43. The van der Waals surface area contributed by atoms with E-state index in [4.69, 9.17) is 4.42 Å². The van der Waals surface area contributed by atoms with E-state index in [1.165, 1.54) is 0 Å².